The van der Waals surface area contributed by atoms with Crippen molar-refractivity contribution in [3.05, 3.63) is 70.7 Å². The second-order valence-electron chi connectivity index (χ2n) is 7.98. The highest BCUT2D eigenvalue weighted by atomic mass is 35.5. The summed E-state index contributed by atoms with van der Waals surface area (Å²) in [6, 6.07) is 18.5. The molecule has 150 valence electrons. The maximum Gasteiger partial charge on any atom is 0.254 e. The molecule has 0 heterocycles. The summed E-state index contributed by atoms with van der Waals surface area (Å²) in [5.41, 5.74) is 2.20. The van der Waals surface area contributed by atoms with Crippen LogP contribution in [0.3, 0.4) is 0 Å². The summed E-state index contributed by atoms with van der Waals surface area (Å²) in [5, 5.41) is 0.675. The van der Waals surface area contributed by atoms with Gasteiger partial charge < -0.3 is 4.90 Å². The van der Waals surface area contributed by atoms with Crippen molar-refractivity contribution < 1.29 is 4.79 Å². The Labute approximate surface area is 174 Å². The first kappa shape index (κ1) is 20.9. The number of hydrogen-bond donors (Lipinski definition) is 0. The van der Waals surface area contributed by atoms with Crippen LogP contribution in [0.1, 0.15) is 80.1 Å². The van der Waals surface area contributed by atoms with Gasteiger partial charge in [0.15, 0.2) is 0 Å². The lowest BCUT2D eigenvalue weighted by Crippen LogP contribution is -2.42. The number of benzene rings is 2. The molecule has 0 spiro atoms. The number of amides is 1. The average molecular weight is 398 g/mol. The fourth-order valence-corrected chi connectivity index (χ4v) is 4.49. The van der Waals surface area contributed by atoms with E-state index in [0.717, 1.165) is 44.2 Å². The predicted molar refractivity (Wildman–Crippen MR) is 118 cm³/mol. The third-order valence-electron chi connectivity index (χ3n) is 6.01. The van der Waals surface area contributed by atoms with Crippen molar-refractivity contribution in [2.24, 2.45) is 0 Å². The topological polar surface area (TPSA) is 20.3 Å². The molecule has 2 aromatic rings. The van der Waals surface area contributed by atoms with Gasteiger partial charge in [0.25, 0.3) is 5.91 Å². The molecule has 0 N–H and O–H groups in total. The summed E-state index contributed by atoms with van der Waals surface area (Å²) in [6.45, 7) is 3.09. The third kappa shape index (κ3) is 5.61. The Morgan fingerprint density at radius 3 is 2.25 bits per heavy atom. The van der Waals surface area contributed by atoms with Crippen LogP contribution >= 0.6 is 11.6 Å². The zero-order valence-corrected chi connectivity index (χ0v) is 17.7. The second kappa shape index (κ2) is 10.7. The second-order valence-corrected chi connectivity index (χ2v) is 8.42. The Hall–Kier alpha value is -1.80. The highest BCUT2D eigenvalue weighted by molar-refractivity contribution is 6.30. The molecule has 1 amide bonds. The van der Waals surface area contributed by atoms with Crippen LogP contribution in [0.15, 0.2) is 54.6 Å². The Morgan fingerprint density at radius 2 is 1.61 bits per heavy atom. The molecule has 0 radical (unpaired) electrons. The molecule has 3 rings (SSSR count). The monoisotopic (exact) mass is 397 g/mol. The number of unbranched alkanes of at least 4 members (excludes halogenated alkanes) is 3. The first-order valence-electron chi connectivity index (χ1n) is 10.8. The van der Waals surface area contributed by atoms with Gasteiger partial charge in [-0.3, -0.25) is 4.79 Å². The van der Waals surface area contributed by atoms with Crippen LogP contribution in [-0.4, -0.2) is 23.4 Å². The van der Waals surface area contributed by atoms with Crippen molar-refractivity contribution in [3.8, 4) is 0 Å². The average Bonchev–Trinajstić information content (AvgIpc) is 2.75. The van der Waals surface area contributed by atoms with E-state index in [1.165, 1.54) is 24.8 Å². The fourth-order valence-electron chi connectivity index (χ4n) is 4.36. The largest absolute Gasteiger partial charge is 0.336 e. The Morgan fingerprint density at radius 1 is 0.929 bits per heavy atom. The van der Waals surface area contributed by atoms with Crippen molar-refractivity contribution in [1.82, 2.24) is 4.90 Å². The molecule has 1 aliphatic rings. The van der Waals surface area contributed by atoms with Gasteiger partial charge in [0.1, 0.15) is 0 Å². The van der Waals surface area contributed by atoms with E-state index in [9.17, 15) is 4.79 Å². The number of carbonyl (C=O) groups excluding carboxylic acids is 1. The van der Waals surface area contributed by atoms with Gasteiger partial charge in [0.05, 0.1) is 0 Å². The summed E-state index contributed by atoms with van der Waals surface area (Å²) in [5.74, 6) is 0.793. The number of hydrogen-bond acceptors (Lipinski definition) is 1. The summed E-state index contributed by atoms with van der Waals surface area (Å²) >= 11 is 6.01. The minimum absolute atomic E-state index is 0.163. The molecule has 1 fully saturated rings. The van der Waals surface area contributed by atoms with Crippen LogP contribution in [0.2, 0.25) is 5.02 Å². The molecule has 0 aliphatic heterocycles. The summed E-state index contributed by atoms with van der Waals surface area (Å²) in [7, 11) is 0. The minimum atomic E-state index is 0.163. The van der Waals surface area contributed by atoms with Gasteiger partial charge in [-0.2, -0.15) is 0 Å². The van der Waals surface area contributed by atoms with Crippen molar-refractivity contribution in [1.29, 1.82) is 0 Å². The smallest absolute Gasteiger partial charge is 0.254 e. The molecule has 2 nitrogen and oxygen atoms in total. The van der Waals surface area contributed by atoms with Gasteiger partial charge in [-0.1, -0.05) is 68.1 Å². The first-order valence-corrected chi connectivity index (χ1v) is 11.2. The van der Waals surface area contributed by atoms with Crippen LogP contribution in [-0.2, 0) is 0 Å². The van der Waals surface area contributed by atoms with Gasteiger partial charge in [-0.25, -0.2) is 0 Å². The number of nitrogens with zero attached hydrogens (tertiary/aromatic N) is 1. The molecule has 0 aromatic heterocycles. The van der Waals surface area contributed by atoms with Gasteiger partial charge in [-0.05, 0) is 67.9 Å². The maximum absolute atomic E-state index is 13.3. The zero-order chi connectivity index (χ0) is 19.8. The highest BCUT2D eigenvalue weighted by Crippen LogP contribution is 2.35. The van der Waals surface area contributed by atoms with E-state index in [0.29, 0.717) is 17.0 Å². The lowest BCUT2D eigenvalue weighted by Gasteiger charge is -2.37. The molecule has 3 heteroatoms. The molecular weight excluding hydrogens is 366 g/mol. The van der Waals surface area contributed by atoms with Crippen molar-refractivity contribution in [3.63, 3.8) is 0 Å². The summed E-state index contributed by atoms with van der Waals surface area (Å²) in [6.07, 6.45) is 9.24. The van der Waals surface area contributed by atoms with Gasteiger partial charge in [0, 0.05) is 23.2 Å². The predicted octanol–water partition coefficient (Wildman–Crippen LogP) is 7.09. The van der Waals surface area contributed by atoms with Crippen LogP contribution in [0.25, 0.3) is 0 Å². The molecule has 0 atom stereocenters. The zero-order valence-electron chi connectivity index (χ0n) is 16.9. The van der Waals surface area contributed by atoms with E-state index in [4.69, 9.17) is 11.6 Å². The van der Waals surface area contributed by atoms with Crippen LogP contribution in [0.5, 0.6) is 0 Å². The van der Waals surface area contributed by atoms with Gasteiger partial charge in [-0.15, -0.1) is 0 Å². The van der Waals surface area contributed by atoms with E-state index in [2.05, 4.69) is 42.2 Å². The SMILES string of the molecule is CCCCCCN(C(=O)c1ccc(Cl)cc1)[C@H]1CC[C@H](c2ccccc2)CC1. The van der Waals surface area contributed by atoms with Crippen LogP contribution < -0.4 is 0 Å². The quantitative estimate of drug-likeness (QED) is 0.435. The molecule has 2 aromatic carbocycles. The molecule has 1 saturated carbocycles. The minimum Gasteiger partial charge on any atom is -0.336 e. The Kier molecular flexibility index (Phi) is 7.97. The van der Waals surface area contributed by atoms with Crippen LogP contribution in [0, 0.1) is 0 Å². The lowest BCUT2D eigenvalue weighted by atomic mass is 9.81. The highest BCUT2D eigenvalue weighted by Gasteiger charge is 2.29. The molecule has 0 unspecified atom stereocenters. The summed E-state index contributed by atoms with van der Waals surface area (Å²) in [4.78, 5) is 15.4. The number of halogens is 1. The maximum atomic E-state index is 13.3. The molecule has 28 heavy (non-hydrogen) atoms. The first-order chi connectivity index (χ1) is 13.7. The van der Waals surface area contributed by atoms with E-state index >= 15 is 0 Å². The molecule has 0 bridgehead atoms. The Balaban J connectivity index is 1.66. The molecular formula is C25H32ClNO. The lowest BCUT2D eigenvalue weighted by molar-refractivity contribution is 0.0621. The summed E-state index contributed by atoms with van der Waals surface area (Å²) < 4.78 is 0. The van der Waals surface area contributed by atoms with E-state index in [-0.39, 0.29) is 5.91 Å². The van der Waals surface area contributed by atoms with Crippen LogP contribution in [0.4, 0.5) is 0 Å². The van der Waals surface area contributed by atoms with Crippen molar-refractivity contribution in [2.75, 3.05) is 6.54 Å². The van der Waals surface area contributed by atoms with E-state index in [1.807, 2.05) is 24.3 Å². The number of rotatable bonds is 8. The van der Waals surface area contributed by atoms with Crippen molar-refractivity contribution >= 4 is 17.5 Å². The Bertz CT molecular complexity index is 720. The number of carbonyl (C=O) groups is 1. The van der Waals surface area contributed by atoms with Gasteiger partial charge in [0.2, 0.25) is 0 Å². The van der Waals surface area contributed by atoms with Gasteiger partial charge >= 0.3 is 0 Å². The van der Waals surface area contributed by atoms with E-state index in [1.54, 1.807) is 0 Å². The standard InChI is InChI=1S/C25H32ClNO/c1-2-3-4-8-19-27(25(28)22-11-15-23(26)16-12-22)24-17-13-21(14-18-24)20-9-6-5-7-10-20/h5-7,9-12,15-16,21,24H,2-4,8,13-14,17-19H2,1H3/t21-,24-. The molecule has 0 saturated heterocycles. The van der Waals surface area contributed by atoms with E-state index < -0.39 is 0 Å². The molecule has 1 aliphatic carbocycles. The fraction of sp³-hybridized carbons (Fsp3) is 0.480. The van der Waals surface area contributed by atoms with Crippen molar-refractivity contribution in [2.45, 2.75) is 70.3 Å². The normalized spacial score (nSPS) is 19.4. The third-order valence-corrected chi connectivity index (χ3v) is 6.27.